The molecule has 398 valence electrons. The Morgan fingerprint density at radius 3 is 0.912 bits per heavy atom. The second kappa shape index (κ2) is 31.9. The van der Waals surface area contributed by atoms with Crippen LogP contribution in [0.3, 0.4) is 0 Å². The Kier molecular flexibility index (Phi) is 28.1. The number of unbranched alkanes of at least 4 members (excludes halogenated alkanes) is 6. The fourth-order valence-corrected chi connectivity index (χ4v) is 7.97. The molecule has 0 aliphatic carbocycles. The van der Waals surface area contributed by atoms with E-state index in [1.165, 1.54) is 20.8 Å². The molecule has 3 heterocycles. The van der Waals surface area contributed by atoms with Crippen LogP contribution < -0.4 is 16.0 Å². The first-order valence-electron chi connectivity index (χ1n) is 23.7. The van der Waals surface area contributed by atoms with Crippen molar-refractivity contribution >= 4 is 17.7 Å². The molecule has 24 heteroatoms. The molecule has 3 fully saturated rings. The molecule has 3 rings (SSSR count). The molecule has 0 spiro atoms. The fraction of sp³-hybridized carbons (Fsp3) is 0.932. The van der Waals surface area contributed by atoms with Gasteiger partial charge in [0.05, 0.1) is 39.6 Å². The van der Waals surface area contributed by atoms with Gasteiger partial charge < -0.3 is 105 Å². The third kappa shape index (κ3) is 20.1. The van der Waals surface area contributed by atoms with Crippen LogP contribution in [0, 0.1) is 5.41 Å². The summed E-state index contributed by atoms with van der Waals surface area (Å²) in [5, 5.41) is 98.4. The average Bonchev–Trinajstić information content (AvgIpc) is 3.29. The molecular weight excluding hydrogens is 906 g/mol. The van der Waals surface area contributed by atoms with Gasteiger partial charge in [-0.25, -0.2) is 0 Å². The smallest absolute Gasteiger partial charge is 0.217 e. The van der Waals surface area contributed by atoms with Crippen LogP contribution in [0.2, 0.25) is 0 Å². The molecule has 0 aromatic carbocycles. The molecule has 9 unspecified atom stereocenters. The molecule has 12 N–H and O–H groups in total. The van der Waals surface area contributed by atoms with Crippen molar-refractivity contribution in [3.8, 4) is 0 Å². The predicted octanol–water partition coefficient (Wildman–Crippen LogP) is -3.57. The van der Waals surface area contributed by atoms with Crippen LogP contribution in [-0.2, 0) is 57.0 Å². The number of carbonyl (C=O) groups excluding carboxylic acids is 3. The quantitative estimate of drug-likeness (QED) is 0.0283. The number of hydrogen-bond acceptors (Lipinski definition) is 21. The standard InChI is InChI=1S/C44H81N3O21/c1-26(51)45-32-38(57)35(54)29(20-48)66-41(32)63-17-11-5-8-14-60-23-44(4,24-61-15-9-6-12-18-64-42-33(46-27(2)52)39(58)36(55)30(21-49)67-42)25-62-16-10-7-13-19-65-43-34(47-28(3)53)40(59)37(56)31(22-50)68-43/h29-43,48-50,54-59H,5-25H2,1-4H3,(H,45,51)(H,46,52)(H,47,53)/t29?,30?,31?,32-,33-,34-,35-,36-,37-,38?,39?,40?,41?,42?,43?,44?/m0/s1. The minimum Gasteiger partial charge on any atom is -0.394 e. The molecule has 3 amide bonds. The van der Waals surface area contributed by atoms with Gasteiger partial charge in [0.2, 0.25) is 17.7 Å². The van der Waals surface area contributed by atoms with Crippen molar-refractivity contribution in [3.05, 3.63) is 0 Å². The largest absolute Gasteiger partial charge is 0.394 e. The van der Waals surface area contributed by atoms with Crippen molar-refractivity contribution in [3.63, 3.8) is 0 Å². The number of hydrogen-bond donors (Lipinski definition) is 12. The molecule has 0 bridgehead atoms. The highest BCUT2D eigenvalue weighted by Gasteiger charge is 2.47. The average molecular weight is 988 g/mol. The first-order valence-corrected chi connectivity index (χ1v) is 23.7. The Labute approximate surface area is 398 Å². The minimum absolute atomic E-state index is 0.228. The van der Waals surface area contributed by atoms with Crippen molar-refractivity contribution < 1.29 is 103 Å². The number of ether oxygens (including phenoxy) is 9. The first-order chi connectivity index (χ1) is 32.5. The number of aliphatic hydroxyl groups is 9. The maximum absolute atomic E-state index is 11.7. The molecule has 0 saturated carbocycles. The van der Waals surface area contributed by atoms with Crippen LogP contribution in [0.4, 0.5) is 0 Å². The Morgan fingerprint density at radius 1 is 0.426 bits per heavy atom. The lowest BCUT2D eigenvalue weighted by molar-refractivity contribution is -0.270. The molecule has 3 saturated heterocycles. The lowest BCUT2D eigenvalue weighted by Crippen LogP contribution is -2.64. The number of aliphatic hydroxyl groups excluding tert-OH is 9. The van der Waals surface area contributed by atoms with Gasteiger partial charge in [-0.3, -0.25) is 14.4 Å². The highest BCUT2D eigenvalue weighted by atomic mass is 16.7. The predicted molar refractivity (Wildman–Crippen MR) is 236 cm³/mol. The third-order valence-corrected chi connectivity index (χ3v) is 11.7. The van der Waals surface area contributed by atoms with E-state index >= 15 is 0 Å². The summed E-state index contributed by atoms with van der Waals surface area (Å²) in [5.74, 6) is -1.31. The molecule has 0 radical (unpaired) electrons. The van der Waals surface area contributed by atoms with Gasteiger partial charge in [-0.1, -0.05) is 6.92 Å². The van der Waals surface area contributed by atoms with Gasteiger partial charge in [0.1, 0.15) is 73.1 Å². The topological polar surface area (TPSA) is 352 Å². The zero-order valence-electron chi connectivity index (χ0n) is 39.9. The summed E-state index contributed by atoms with van der Waals surface area (Å²) in [6.07, 6.45) is -8.70. The van der Waals surface area contributed by atoms with Crippen LogP contribution in [0.15, 0.2) is 0 Å². The normalized spacial score (nSPS) is 32.9. The summed E-state index contributed by atoms with van der Waals surface area (Å²) in [4.78, 5) is 35.1. The second-order valence-electron chi connectivity index (χ2n) is 18.1. The maximum Gasteiger partial charge on any atom is 0.217 e. The summed E-state index contributed by atoms with van der Waals surface area (Å²) >= 11 is 0. The number of nitrogens with one attached hydrogen (secondary N) is 3. The monoisotopic (exact) mass is 988 g/mol. The van der Waals surface area contributed by atoms with E-state index in [0.717, 1.165) is 19.3 Å². The molecule has 0 aromatic rings. The van der Waals surface area contributed by atoms with E-state index in [1.807, 2.05) is 6.92 Å². The molecule has 3 aliphatic heterocycles. The Balaban J connectivity index is 1.42. The van der Waals surface area contributed by atoms with Gasteiger partial charge in [-0.05, 0) is 57.8 Å². The molecule has 24 nitrogen and oxygen atoms in total. The summed E-state index contributed by atoms with van der Waals surface area (Å²) < 4.78 is 52.5. The summed E-state index contributed by atoms with van der Waals surface area (Å²) in [6, 6.07) is -3.04. The summed E-state index contributed by atoms with van der Waals surface area (Å²) in [6.45, 7) is 7.20. The van der Waals surface area contributed by atoms with Crippen LogP contribution in [0.25, 0.3) is 0 Å². The Bertz CT molecular complexity index is 1260. The number of amides is 3. The van der Waals surface area contributed by atoms with Gasteiger partial charge >= 0.3 is 0 Å². The van der Waals surface area contributed by atoms with E-state index in [0.29, 0.717) is 78.2 Å². The molecule has 3 aliphatic rings. The SMILES string of the molecule is CC(=O)N[C@@H]1C(OCCCCCOCC(C)(COCCCCCOC2OC(CO)[C@H](O)C(O)[C@@H]2NC(C)=O)COCCCCCOC2OC(CO)[C@H](O)C(O)[C@@H]2NC(C)=O)OC(CO)[C@H](O)C1O. The lowest BCUT2D eigenvalue weighted by Gasteiger charge is -2.42. The van der Waals surface area contributed by atoms with Crippen molar-refractivity contribution in [2.45, 2.75) is 177 Å². The molecular formula is C44H81N3O21. The minimum atomic E-state index is -1.40. The Hall–Kier alpha value is -2.31. The fourth-order valence-electron chi connectivity index (χ4n) is 7.97. The van der Waals surface area contributed by atoms with Gasteiger partial charge in [0.25, 0.3) is 0 Å². The van der Waals surface area contributed by atoms with E-state index in [1.54, 1.807) is 0 Å². The third-order valence-electron chi connectivity index (χ3n) is 11.7. The summed E-state index contributed by atoms with van der Waals surface area (Å²) in [7, 11) is 0. The van der Waals surface area contributed by atoms with E-state index in [2.05, 4.69) is 16.0 Å². The van der Waals surface area contributed by atoms with Crippen molar-refractivity contribution in [1.29, 1.82) is 0 Å². The van der Waals surface area contributed by atoms with Crippen molar-refractivity contribution in [2.24, 2.45) is 5.41 Å². The van der Waals surface area contributed by atoms with Gasteiger partial charge in [-0.2, -0.15) is 0 Å². The van der Waals surface area contributed by atoms with Crippen LogP contribution in [0.5, 0.6) is 0 Å². The van der Waals surface area contributed by atoms with E-state index in [9.17, 15) is 60.3 Å². The second-order valence-corrected chi connectivity index (χ2v) is 18.1. The maximum atomic E-state index is 11.7. The zero-order chi connectivity index (χ0) is 50.2. The highest BCUT2D eigenvalue weighted by Crippen LogP contribution is 2.26. The molecule has 0 aromatic heterocycles. The van der Waals surface area contributed by atoms with Gasteiger partial charge in [0.15, 0.2) is 18.9 Å². The number of rotatable bonds is 33. The van der Waals surface area contributed by atoms with E-state index < -0.39 is 135 Å². The highest BCUT2D eigenvalue weighted by molar-refractivity contribution is 5.74. The lowest BCUT2D eigenvalue weighted by atomic mass is 9.94. The van der Waals surface area contributed by atoms with Gasteiger partial charge in [-0.15, -0.1) is 0 Å². The zero-order valence-corrected chi connectivity index (χ0v) is 39.9. The molecule has 15 atom stereocenters. The van der Waals surface area contributed by atoms with Gasteiger partial charge in [0, 0.05) is 65.8 Å². The van der Waals surface area contributed by atoms with E-state index in [-0.39, 0.29) is 19.8 Å². The molecule has 68 heavy (non-hydrogen) atoms. The van der Waals surface area contributed by atoms with Crippen LogP contribution in [-0.4, -0.2) is 235 Å². The number of carbonyl (C=O) groups is 3. The van der Waals surface area contributed by atoms with Crippen LogP contribution >= 0.6 is 0 Å². The first kappa shape index (κ1) is 60.0. The van der Waals surface area contributed by atoms with Crippen molar-refractivity contribution in [2.75, 3.05) is 79.3 Å². The summed E-state index contributed by atoms with van der Waals surface area (Å²) in [5.41, 5.74) is -0.515. The van der Waals surface area contributed by atoms with E-state index in [4.69, 9.17) is 42.6 Å². The Morgan fingerprint density at radius 2 is 0.676 bits per heavy atom. The van der Waals surface area contributed by atoms with Crippen molar-refractivity contribution in [1.82, 2.24) is 16.0 Å². The van der Waals surface area contributed by atoms with Crippen LogP contribution in [0.1, 0.15) is 85.5 Å².